The number of halogens is 1. The smallest absolute Gasteiger partial charge is 0.260 e. The average molecular weight is 383 g/mol. The van der Waals surface area contributed by atoms with Gasteiger partial charge in [-0.25, -0.2) is 4.98 Å². The van der Waals surface area contributed by atoms with Crippen LogP contribution >= 0.6 is 22.9 Å². The van der Waals surface area contributed by atoms with Crippen LogP contribution in [0.1, 0.15) is 17.1 Å². The van der Waals surface area contributed by atoms with E-state index in [1.165, 1.54) is 16.9 Å². The summed E-state index contributed by atoms with van der Waals surface area (Å²) in [4.78, 5) is 21.1. The van der Waals surface area contributed by atoms with Gasteiger partial charge in [0.05, 0.1) is 5.39 Å². The number of fused-ring (bicyclic) bond motifs is 1. The minimum absolute atomic E-state index is 0.109. The van der Waals surface area contributed by atoms with Gasteiger partial charge < -0.3 is 4.98 Å². The van der Waals surface area contributed by atoms with Gasteiger partial charge in [-0.15, -0.1) is 11.3 Å². The highest BCUT2D eigenvalue weighted by molar-refractivity contribution is 7.17. The zero-order chi connectivity index (χ0) is 18.3. The minimum atomic E-state index is -0.109. The first-order valence-electron chi connectivity index (χ1n) is 8.25. The molecule has 0 aliphatic heterocycles. The van der Waals surface area contributed by atoms with E-state index < -0.39 is 0 Å². The zero-order valence-electron chi connectivity index (χ0n) is 14.4. The number of aromatic amines is 1. The normalized spacial score (nSPS) is 11.2. The first-order valence-corrected chi connectivity index (χ1v) is 9.50. The highest BCUT2D eigenvalue weighted by Gasteiger charge is 2.16. The van der Waals surface area contributed by atoms with Crippen molar-refractivity contribution in [3.63, 3.8) is 0 Å². The second-order valence-electron chi connectivity index (χ2n) is 6.25. The molecule has 0 radical (unpaired) electrons. The lowest BCUT2D eigenvalue weighted by atomic mass is 10.1. The van der Waals surface area contributed by atoms with Crippen LogP contribution in [0.5, 0.6) is 0 Å². The van der Waals surface area contributed by atoms with Crippen LogP contribution in [0.3, 0.4) is 0 Å². The number of aromatic nitrogens is 3. The quantitative estimate of drug-likeness (QED) is 0.538. The molecular weight excluding hydrogens is 366 g/mol. The van der Waals surface area contributed by atoms with E-state index in [-0.39, 0.29) is 5.56 Å². The van der Waals surface area contributed by atoms with Gasteiger partial charge in [-0.2, -0.15) is 4.57 Å². The highest BCUT2D eigenvalue weighted by Crippen LogP contribution is 2.31. The third-order valence-corrected chi connectivity index (χ3v) is 5.71. The Bertz CT molecular complexity index is 1160. The maximum Gasteiger partial charge on any atom is 0.260 e. The standard InChI is InChI=1S/C20H16ClN3OS/c1-12-4-3-9-24(13(12)2)10-17-22-19(25)18-16(11-26-20(18)23-17)14-5-7-15(21)8-6-14/h3-9,11H,10H2,1-2H3/p+1. The van der Waals surface area contributed by atoms with Gasteiger partial charge in [-0.05, 0) is 30.7 Å². The van der Waals surface area contributed by atoms with Gasteiger partial charge in [0.2, 0.25) is 6.54 Å². The van der Waals surface area contributed by atoms with Gasteiger partial charge >= 0.3 is 0 Å². The van der Waals surface area contributed by atoms with E-state index in [2.05, 4.69) is 34.4 Å². The van der Waals surface area contributed by atoms with Crippen LogP contribution in [0.4, 0.5) is 0 Å². The molecule has 26 heavy (non-hydrogen) atoms. The first kappa shape index (κ1) is 16.9. The number of benzene rings is 1. The van der Waals surface area contributed by atoms with Crippen LogP contribution in [0.25, 0.3) is 21.3 Å². The molecule has 6 heteroatoms. The molecule has 4 aromatic rings. The minimum Gasteiger partial charge on any atom is -0.305 e. The van der Waals surface area contributed by atoms with Crippen LogP contribution < -0.4 is 10.1 Å². The third kappa shape index (κ3) is 3.04. The van der Waals surface area contributed by atoms with Crippen molar-refractivity contribution < 1.29 is 4.57 Å². The van der Waals surface area contributed by atoms with Crippen molar-refractivity contribution in [2.75, 3.05) is 0 Å². The molecule has 3 heterocycles. The Balaban J connectivity index is 1.78. The summed E-state index contributed by atoms with van der Waals surface area (Å²) in [5.41, 5.74) is 4.11. The number of nitrogens with one attached hydrogen (secondary N) is 1. The molecule has 0 saturated carbocycles. The average Bonchev–Trinajstić information content (AvgIpc) is 3.04. The number of rotatable bonds is 3. The number of H-pyrrole nitrogens is 1. The zero-order valence-corrected chi connectivity index (χ0v) is 16.0. The molecule has 0 spiro atoms. The fraction of sp³-hybridized carbons (Fsp3) is 0.150. The summed E-state index contributed by atoms with van der Waals surface area (Å²) in [5, 5.41) is 3.28. The molecule has 0 fully saturated rings. The molecule has 4 rings (SSSR count). The van der Waals surface area contributed by atoms with E-state index in [0.29, 0.717) is 22.8 Å². The lowest BCUT2D eigenvalue weighted by Crippen LogP contribution is -2.39. The first-order chi connectivity index (χ1) is 12.5. The molecule has 1 aromatic carbocycles. The molecule has 3 aromatic heterocycles. The fourth-order valence-electron chi connectivity index (χ4n) is 2.99. The summed E-state index contributed by atoms with van der Waals surface area (Å²) < 4.78 is 2.09. The molecule has 0 aliphatic carbocycles. The van der Waals surface area contributed by atoms with Gasteiger partial charge in [-0.1, -0.05) is 23.7 Å². The maximum absolute atomic E-state index is 12.7. The summed E-state index contributed by atoms with van der Waals surface area (Å²) >= 11 is 7.45. The maximum atomic E-state index is 12.7. The van der Waals surface area contributed by atoms with Gasteiger partial charge in [0.15, 0.2) is 17.7 Å². The molecule has 0 bridgehead atoms. The van der Waals surface area contributed by atoms with Crippen molar-refractivity contribution in [3.8, 4) is 11.1 Å². The Morgan fingerprint density at radius 2 is 1.96 bits per heavy atom. The summed E-state index contributed by atoms with van der Waals surface area (Å²) in [6.07, 6.45) is 2.00. The Kier molecular flexibility index (Phi) is 4.34. The summed E-state index contributed by atoms with van der Waals surface area (Å²) in [6.45, 7) is 4.67. The second-order valence-corrected chi connectivity index (χ2v) is 7.55. The van der Waals surface area contributed by atoms with E-state index >= 15 is 0 Å². The lowest BCUT2D eigenvalue weighted by molar-refractivity contribution is -0.695. The number of nitrogens with zero attached hydrogens (tertiary/aromatic N) is 2. The van der Waals surface area contributed by atoms with Crippen LogP contribution in [0.2, 0.25) is 5.02 Å². The van der Waals surface area contributed by atoms with Gasteiger partial charge in [0, 0.05) is 34.5 Å². The van der Waals surface area contributed by atoms with Crippen molar-refractivity contribution >= 4 is 33.2 Å². The predicted octanol–water partition coefficient (Wildman–Crippen LogP) is 4.26. The lowest BCUT2D eigenvalue weighted by Gasteiger charge is -2.03. The largest absolute Gasteiger partial charge is 0.305 e. The van der Waals surface area contributed by atoms with Crippen molar-refractivity contribution in [1.29, 1.82) is 0 Å². The summed E-state index contributed by atoms with van der Waals surface area (Å²) in [7, 11) is 0. The van der Waals surface area contributed by atoms with E-state index in [9.17, 15) is 4.79 Å². The van der Waals surface area contributed by atoms with Crippen molar-refractivity contribution in [2.45, 2.75) is 20.4 Å². The molecule has 4 nitrogen and oxygen atoms in total. The summed E-state index contributed by atoms with van der Waals surface area (Å²) in [6, 6.07) is 11.6. The van der Waals surface area contributed by atoms with E-state index in [4.69, 9.17) is 11.6 Å². The van der Waals surface area contributed by atoms with Crippen LogP contribution in [0, 0.1) is 13.8 Å². The van der Waals surface area contributed by atoms with E-state index in [1.807, 2.05) is 41.9 Å². The molecule has 0 aliphatic rings. The number of pyridine rings is 1. The molecule has 1 N–H and O–H groups in total. The molecule has 0 unspecified atom stereocenters. The Morgan fingerprint density at radius 1 is 1.19 bits per heavy atom. The van der Waals surface area contributed by atoms with Gasteiger partial charge in [0.1, 0.15) is 4.83 Å². The van der Waals surface area contributed by atoms with Crippen molar-refractivity contribution in [1.82, 2.24) is 9.97 Å². The number of hydrogen-bond donors (Lipinski definition) is 1. The monoisotopic (exact) mass is 382 g/mol. The van der Waals surface area contributed by atoms with Gasteiger partial charge in [0.25, 0.3) is 5.56 Å². The molecule has 130 valence electrons. The number of aryl methyl sites for hydroxylation is 1. The SMILES string of the molecule is Cc1ccc[n+](Cc2nc3scc(-c4ccc(Cl)cc4)c3c(=O)[nH]2)c1C. The van der Waals surface area contributed by atoms with Crippen LogP contribution in [-0.2, 0) is 6.54 Å². The van der Waals surface area contributed by atoms with Gasteiger partial charge in [-0.3, -0.25) is 4.79 Å². The van der Waals surface area contributed by atoms with E-state index in [0.717, 1.165) is 21.7 Å². The van der Waals surface area contributed by atoms with Crippen LogP contribution in [-0.4, -0.2) is 9.97 Å². The Morgan fingerprint density at radius 3 is 2.73 bits per heavy atom. The van der Waals surface area contributed by atoms with E-state index in [1.54, 1.807) is 0 Å². The Hall–Kier alpha value is -2.50. The van der Waals surface area contributed by atoms with Crippen molar-refractivity contribution in [2.24, 2.45) is 0 Å². The molecular formula is C20H17ClN3OS+. The fourth-order valence-corrected chi connectivity index (χ4v) is 4.09. The topological polar surface area (TPSA) is 49.6 Å². The third-order valence-electron chi connectivity index (χ3n) is 4.58. The number of thiophene rings is 1. The highest BCUT2D eigenvalue weighted by atomic mass is 35.5. The number of hydrogen-bond acceptors (Lipinski definition) is 3. The van der Waals surface area contributed by atoms with Crippen LogP contribution in [0.15, 0.2) is 52.8 Å². The predicted molar refractivity (Wildman–Crippen MR) is 106 cm³/mol. The van der Waals surface area contributed by atoms with Crippen molar-refractivity contribution in [3.05, 3.63) is 80.4 Å². The Labute approximate surface area is 159 Å². The molecule has 0 saturated heterocycles. The summed E-state index contributed by atoms with van der Waals surface area (Å²) in [5.74, 6) is 0.658. The second kappa shape index (κ2) is 6.67. The molecule has 0 atom stereocenters. The molecule has 0 amide bonds.